The number of benzene rings is 2. The third-order valence-electron chi connectivity index (χ3n) is 6.06. The van der Waals surface area contributed by atoms with E-state index in [1.54, 1.807) is 54.1 Å². The predicted octanol–water partition coefficient (Wildman–Crippen LogP) is 2.94. The van der Waals surface area contributed by atoms with Gasteiger partial charge in [0, 0.05) is 17.2 Å². The third kappa shape index (κ3) is 4.48. The molecule has 2 aromatic carbocycles. The van der Waals surface area contributed by atoms with Gasteiger partial charge in [0.15, 0.2) is 8.38 Å². The molecule has 37 heavy (non-hydrogen) atoms. The molecule has 0 atom stereocenters. The lowest BCUT2D eigenvalue weighted by atomic mass is 10.1. The van der Waals surface area contributed by atoms with Gasteiger partial charge >= 0.3 is 0 Å². The minimum Gasteiger partial charge on any atom is -0.460 e. The van der Waals surface area contributed by atoms with E-state index >= 15 is 0 Å². The molecule has 0 aliphatic rings. The summed E-state index contributed by atoms with van der Waals surface area (Å²) in [7, 11) is -2.20. The number of nitrogens with zero attached hydrogens (tertiary/aromatic N) is 4. The Morgan fingerprint density at radius 1 is 1.14 bits per heavy atom. The molecule has 5 N–H and O–H groups in total. The number of carbonyl (C=O) groups is 2. The molecule has 3 aromatic heterocycles. The maximum atomic E-state index is 13.3. The predicted molar refractivity (Wildman–Crippen MR) is 140 cm³/mol. The first-order valence-corrected chi connectivity index (χ1v) is 12.8. The van der Waals surface area contributed by atoms with Crippen LogP contribution in [0.25, 0.3) is 22.0 Å². The van der Waals surface area contributed by atoms with E-state index in [2.05, 4.69) is 15.4 Å². The molecule has 5 aromatic rings. The van der Waals surface area contributed by atoms with Gasteiger partial charge in [-0.05, 0) is 56.7 Å². The number of amides is 2. The molecule has 2 amide bonds. The molecule has 0 unspecified atom stereocenters. The van der Waals surface area contributed by atoms with Crippen molar-refractivity contribution in [3.05, 3.63) is 70.7 Å². The summed E-state index contributed by atoms with van der Waals surface area (Å²) < 4.78 is 9.25. The minimum absolute atomic E-state index is 0.196. The fourth-order valence-corrected chi connectivity index (χ4v) is 4.85. The molecule has 0 radical (unpaired) electrons. The van der Waals surface area contributed by atoms with Crippen molar-refractivity contribution in [2.75, 3.05) is 5.32 Å². The van der Waals surface area contributed by atoms with Crippen LogP contribution < -0.4 is 16.4 Å². The second-order valence-electron chi connectivity index (χ2n) is 8.67. The van der Waals surface area contributed by atoms with E-state index < -0.39 is 14.3 Å². The van der Waals surface area contributed by atoms with Gasteiger partial charge in [-0.25, -0.2) is 4.98 Å². The highest BCUT2D eigenvalue weighted by atomic mass is 31.2. The molecule has 11 nitrogen and oxygen atoms in total. The van der Waals surface area contributed by atoms with E-state index in [0.717, 1.165) is 11.3 Å². The van der Waals surface area contributed by atoms with Crippen LogP contribution in [-0.2, 0) is 13.1 Å². The van der Waals surface area contributed by atoms with Gasteiger partial charge in [-0.2, -0.15) is 5.10 Å². The Labute approximate surface area is 212 Å². The standard InChI is InChI=1S/C25H25N6O5P/c1-4-31-20(9-13(2)29-31)24(33)28-25-27-19-11-18(23(26)32)22-17(10-14(3)36-22)21(19)30(25)12-15-5-7-16(8-6-15)37(34)35/h5-11,34-35H,4,12H2,1-3H3,(H2,26,32)(H,27,28,33). The molecule has 0 bridgehead atoms. The van der Waals surface area contributed by atoms with Crippen molar-refractivity contribution in [1.82, 2.24) is 19.3 Å². The van der Waals surface area contributed by atoms with Gasteiger partial charge in [0.05, 0.1) is 28.8 Å². The molecular weight excluding hydrogens is 495 g/mol. The van der Waals surface area contributed by atoms with Crippen LogP contribution in [-0.4, -0.2) is 40.9 Å². The van der Waals surface area contributed by atoms with Crippen molar-refractivity contribution >= 4 is 53.4 Å². The lowest BCUT2D eigenvalue weighted by Crippen LogP contribution is -2.20. The number of primary amides is 1. The summed E-state index contributed by atoms with van der Waals surface area (Å²) in [5, 5.41) is 8.31. The molecule has 0 saturated heterocycles. The highest BCUT2D eigenvalue weighted by Crippen LogP contribution is 2.34. The number of fused-ring (bicyclic) bond motifs is 3. The topological polar surface area (TPSA) is 161 Å². The van der Waals surface area contributed by atoms with Crippen LogP contribution in [0.4, 0.5) is 5.95 Å². The quantitative estimate of drug-likeness (QED) is 0.240. The first-order valence-electron chi connectivity index (χ1n) is 11.5. The smallest absolute Gasteiger partial charge is 0.276 e. The van der Waals surface area contributed by atoms with Crippen LogP contribution in [0.3, 0.4) is 0 Å². The zero-order valence-corrected chi connectivity index (χ0v) is 21.3. The van der Waals surface area contributed by atoms with E-state index in [-0.39, 0.29) is 17.4 Å². The number of hydrogen-bond donors (Lipinski definition) is 4. The number of anilines is 1. The van der Waals surface area contributed by atoms with Crippen LogP contribution >= 0.6 is 8.38 Å². The molecule has 0 fully saturated rings. The number of imidazole rings is 1. The SMILES string of the molecule is CCn1nc(C)cc1C(=O)Nc1nc2cc(C(N)=O)c3oc(C)cc3c2n1Cc1ccc(P(O)O)cc1. The molecule has 5 rings (SSSR count). The average molecular weight is 520 g/mol. The second-order valence-corrected chi connectivity index (χ2v) is 9.77. The Balaban J connectivity index is 1.68. The molecule has 0 aliphatic heterocycles. The average Bonchev–Trinajstić information content (AvgIpc) is 3.52. The van der Waals surface area contributed by atoms with E-state index in [0.29, 0.717) is 51.9 Å². The Morgan fingerprint density at radius 2 is 1.86 bits per heavy atom. The minimum atomic E-state index is -2.20. The summed E-state index contributed by atoms with van der Waals surface area (Å²) >= 11 is 0. The Morgan fingerprint density at radius 3 is 2.51 bits per heavy atom. The summed E-state index contributed by atoms with van der Waals surface area (Å²) in [5.74, 6) is -0.174. The highest BCUT2D eigenvalue weighted by molar-refractivity contribution is 7.54. The summed E-state index contributed by atoms with van der Waals surface area (Å²) in [6, 6.07) is 11.9. The van der Waals surface area contributed by atoms with Crippen molar-refractivity contribution in [3.8, 4) is 0 Å². The van der Waals surface area contributed by atoms with Crippen molar-refractivity contribution in [2.45, 2.75) is 33.9 Å². The van der Waals surface area contributed by atoms with Gasteiger partial charge in [0.2, 0.25) is 5.95 Å². The Bertz CT molecular complexity index is 1660. The van der Waals surface area contributed by atoms with Gasteiger partial charge in [-0.1, -0.05) is 12.1 Å². The lowest BCUT2D eigenvalue weighted by Gasteiger charge is -2.12. The number of rotatable bonds is 7. The summed E-state index contributed by atoms with van der Waals surface area (Å²) in [4.78, 5) is 49.1. The summed E-state index contributed by atoms with van der Waals surface area (Å²) in [6.45, 7) is 6.30. The largest absolute Gasteiger partial charge is 0.460 e. The maximum absolute atomic E-state index is 13.3. The van der Waals surface area contributed by atoms with E-state index in [4.69, 9.17) is 10.2 Å². The third-order valence-corrected chi connectivity index (χ3v) is 6.82. The highest BCUT2D eigenvalue weighted by Gasteiger charge is 2.23. The van der Waals surface area contributed by atoms with Crippen LogP contribution in [0.15, 0.2) is 46.9 Å². The fourth-order valence-electron chi connectivity index (χ4n) is 4.43. The van der Waals surface area contributed by atoms with Gasteiger partial charge in [0.1, 0.15) is 17.0 Å². The number of aryl methyl sites for hydroxylation is 3. The fraction of sp³-hybridized carbons (Fsp3) is 0.200. The van der Waals surface area contributed by atoms with Gasteiger partial charge in [-0.3, -0.25) is 19.6 Å². The van der Waals surface area contributed by atoms with Crippen LogP contribution in [0, 0.1) is 13.8 Å². The lowest BCUT2D eigenvalue weighted by molar-refractivity contribution is 0.0996. The molecule has 0 aliphatic carbocycles. The second kappa shape index (κ2) is 9.44. The molecule has 3 heterocycles. The molecule has 0 spiro atoms. The zero-order valence-electron chi connectivity index (χ0n) is 20.4. The van der Waals surface area contributed by atoms with Crippen molar-refractivity contribution < 1.29 is 23.8 Å². The maximum Gasteiger partial charge on any atom is 0.276 e. The van der Waals surface area contributed by atoms with Crippen LogP contribution in [0.5, 0.6) is 0 Å². The number of aromatic nitrogens is 4. The first-order chi connectivity index (χ1) is 17.7. The summed E-state index contributed by atoms with van der Waals surface area (Å²) in [6.07, 6.45) is 0. The number of nitrogens with two attached hydrogens (primary N) is 1. The van der Waals surface area contributed by atoms with Crippen LogP contribution in [0.1, 0.15) is 44.8 Å². The van der Waals surface area contributed by atoms with E-state index in [1.165, 1.54) is 0 Å². The van der Waals surface area contributed by atoms with Gasteiger partial charge in [0.25, 0.3) is 11.8 Å². The summed E-state index contributed by atoms with van der Waals surface area (Å²) in [5.41, 5.74) is 9.22. The number of carbonyl (C=O) groups excluding carboxylic acids is 2. The normalized spacial score (nSPS) is 11.6. The number of furan rings is 1. The molecule has 0 saturated carbocycles. The van der Waals surface area contributed by atoms with E-state index in [1.807, 2.05) is 18.4 Å². The Kier molecular flexibility index (Phi) is 6.28. The Hall–Kier alpha value is -4.05. The van der Waals surface area contributed by atoms with Crippen molar-refractivity contribution in [2.24, 2.45) is 5.73 Å². The van der Waals surface area contributed by atoms with Gasteiger partial charge < -0.3 is 24.5 Å². The monoisotopic (exact) mass is 520 g/mol. The van der Waals surface area contributed by atoms with Crippen molar-refractivity contribution in [1.29, 1.82) is 0 Å². The number of hydrogen-bond acceptors (Lipinski definition) is 7. The number of nitrogens with one attached hydrogen (secondary N) is 1. The first kappa shape index (κ1) is 24.6. The molecule has 12 heteroatoms. The van der Waals surface area contributed by atoms with Crippen LogP contribution in [0.2, 0.25) is 0 Å². The van der Waals surface area contributed by atoms with E-state index in [9.17, 15) is 19.4 Å². The molecule has 190 valence electrons. The zero-order chi connectivity index (χ0) is 26.4. The van der Waals surface area contributed by atoms with Crippen molar-refractivity contribution in [3.63, 3.8) is 0 Å². The van der Waals surface area contributed by atoms with Gasteiger partial charge in [-0.15, -0.1) is 0 Å². The molecular formula is C25H25N6O5P.